The maximum Gasteiger partial charge on any atom is 0.253 e. The highest BCUT2D eigenvalue weighted by molar-refractivity contribution is 6.32. The predicted octanol–water partition coefficient (Wildman–Crippen LogP) is 2.96. The zero-order valence-electron chi connectivity index (χ0n) is 10.8. The topological polar surface area (TPSA) is 74.2 Å². The van der Waals surface area contributed by atoms with E-state index >= 15 is 0 Å². The van der Waals surface area contributed by atoms with Crippen LogP contribution in [0.1, 0.15) is 31.7 Å². The number of hydrogen-bond donors (Lipinski definition) is 1. The van der Waals surface area contributed by atoms with E-state index < -0.39 is 0 Å². The van der Waals surface area contributed by atoms with Gasteiger partial charge in [0.2, 0.25) is 5.89 Å². The Labute approximate surface area is 116 Å². The number of halogens is 1. The molecule has 0 radical (unpaired) electrons. The Morgan fingerprint density at radius 2 is 2.05 bits per heavy atom. The molecule has 2 aromatic rings. The van der Waals surface area contributed by atoms with Gasteiger partial charge in [0.15, 0.2) is 6.61 Å². The molecule has 0 bridgehead atoms. The maximum absolute atomic E-state index is 5.98. The summed E-state index contributed by atoms with van der Waals surface area (Å²) in [5, 5.41) is 8.36. The molecule has 102 valence electrons. The molecule has 5 nitrogen and oxygen atoms in total. The summed E-state index contributed by atoms with van der Waals surface area (Å²) in [7, 11) is 0. The summed E-state index contributed by atoms with van der Waals surface area (Å²) in [6.45, 7) is 4.16. The van der Waals surface area contributed by atoms with E-state index in [1.165, 1.54) is 0 Å². The Morgan fingerprint density at radius 1 is 1.32 bits per heavy atom. The van der Waals surface area contributed by atoms with Crippen molar-refractivity contribution in [1.29, 1.82) is 0 Å². The second-order valence-corrected chi connectivity index (χ2v) is 4.93. The van der Waals surface area contributed by atoms with Crippen molar-refractivity contribution in [3.63, 3.8) is 0 Å². The summed E-state index contributed by atoms with van der Waals surface area (Å²) in [5.41, 5.74) is 5.92. The van der Waals surface area contributed by atoms with E-state index in [1.807, 2.05) is 26.0 Å². The lowest BCUT2D eigenvalue weighted by Crippen LogP contribution is -2.16. The zero-order chi connectivity index (χ0) is 13.8. The Morgan fingerprint density at radius 3 is 2.74 bits per heavy atom. The van der Waals surface area contributed by atoms with Crippen LogP contribution in [0.3, 0.4) is 0 Å². The van der Waals surface area contributed by atoms with Crippen LogP contribution in [0, 0.1) is 5.92 Å². The third-order valence-electron chi connectivity index (χ3n) is 2.67. The van der Waals surface area contributed by atoms with Crippen molar-refractivity contribution in [1.82, 2.24) is 10.2 Å². The molecule has 6 heteroatoms. The molecular formula is C13H16ClN3O2. The van der Waals surface area contributed by atoms with Crippen LogP contribution in [0.15, 0.2) is 28.7 Å². The van der Waals surface area contributed by atoms with Crippen LogP contribution in [-0.4, -0.2) is 10.2 Å². The SMILES string of the molecule is CC(C)C(N)c1nnc(COc2ccccc2Cl)o1. The van der Waals surface area contributed by atoms with E-state index in [0.29, 0.717) is 22.6 Å². The molecule has 0 fully saturated rings. The number of aromatic nitrogens is 2. The molecule has 0 aliphatic heterocycles. The minimum atomic E-state index is -0.262. The maximum atomic E-state index is 5.98. The molecule has 0 spiro atoms. The fourth-order valence-corrected chi connectivity index (χ4v) is 1.64. The van der Waals surface area contributed by atoms with Gasteiger partial charge in [-0.2, -0.15) is 0 Å². The number of hydrogen-bond acceptors (Lipinski definition) is 5. The summed E-state index contributed by atoms with van der Waals surface area (Å²) >= 11 is 5.98. The van der Waals surface area contributed by atoms with E-state index in [9.17, 15) is 0 Å². The van der Waals surface area contributed by atoms with E-state index in [0.717, 1.165) is 0 Å². The van der Waals surface area contributed by atoms with Gasteiger partial charge in [-0.3, -0.25) is 0 Å². The molecule has 0 amide bonds. The summed E-state index contributed by atoms with van der Waals surface area (Å²) in [6, 6.07) is 6.95. The minimum Gasteiger partial charge on any atom is -0.482 e. The molecule has 0 saturated heterocycles. The molecule has 1 heterocycles. The van der Waals surface area contributed by atoms with E-state index in [-0.39, 0.29) is 18.6 Å². The van der Waals surface area contributed by atoms with E-state index in [1.54, 1.807) is 12.1 Å². The van der Waals surface area contributed by atoms with E-state index in [2.05, 4.69) is 10.2 Å². The average molecular weight is 282 g/mol. The van der Waals surface area contributed by atoms with Gasteiger partial charge >= 0.3 is 0 Å². The van der Waals surface area contributed by atoms with Crippen LogP contribution in [0.5, 0.6) is 5.75 Å². The van der Waals surface area contributed by atoms with Crippen molar-refractivity contribution in [3.8, 4) is 5.75 Å². The molecule has 19 heavy (non-hydrogen) atoms. The second-order valence-electron chi connectivity index (χ2n) is 4.52. The highest BCUT2D eigenvalue weighted by Crippen LogP contribution is 2.24. The van der Waals surface area contributed by atoms with Crippen molar-refractivity contribution >= 4 is 11.6 Å². The molecule has 1 unspecified atom stereocenters. The molecule has 2 rings (SSSR count). The van der Waals surface area contributed by atoms with Gasteiger partial charge in [0.1, 0.15) is 5.75 Å². The third-order valence-corrected chi connectivity index (χ3v) is 2.99. The molecule has 1 aromatic heterocycles. The highest BCUT2D eigenvalue weighted by atomic mass is 35.5. The molecule has 0 aliphatic carbocycles. The zero-order valence-corrected chi connectivity index (χ0v) is 11.6. The van der Waals surface area contributed by atoms with Gasteiger partial charge in [0.25, 0.3) is 5.89 Å². The number of para-hydroxylation sites is 1. The standard InChI is InChI=1S/C13H16ClN3O2/c1-8(2)12(15)13-17-16-11(19-13)7-18-10-6-4-3-5-9(10)14/h3-6,8,12H,7,15H2,1-2H3. The number of nitrogens with two attached hydrogens (primary N) is 1. The first-order valence-electron chi connectivity index (χ1n) is 6.03. The van der Waals surface area contributed by atoms with Crippen LogP contribution in [-0.2, 0) is 6.61 Å². The van der Waals surface area contributed by atoms with Crippen molar-refractivity contribution in [2.75, 3.05) is 0 Å². The summed E-state index contributed by atoms with van der Waals surface area (Å²) in [5.74, 6) is 1.62. The van der Waals surface area contributed by atoms with Crippen molar-refractivity contribution in [3.05, 3.63) is 41.1 Å². The van der Waals surface area contributed by atoms with Crippen molar-refractivity contribution in [2.24, 2.45) is 11.7 Å². The number of nitrogens with zero attached hydrogens (tertiary/aromatic N) is 2. The van der Waals surface area contributed by atoms with Gasteiger partial charge in [0.05, 0.1) is 11.1 Å². The predicted molar refractivity (Wildman–Crippen MR) is 71.8 cm³/mol. The molecule has 0 aliphatic rings. The van der Waals surface area contributed by atoms with Gasteiger partial charge in [-0.05, 0) is 18.1 Å². The van der Waals surface area contributed by atoms with Crippen LogP contribution in [0.4, 0.5) is 0 Å². The van der Waals surface area contributed by atoms with Gasteiger partial charge in [0, 0.05) is 0 Å². The van der Waals surface area contributed by atoms with Gasteiger partial charge < -0.3 is 14.9 Å². The first kappa shape index (κ1) is 13.8. The normalized spacial score (nSPS) is 12.7. The number of ether oxygens (including phenoxy) is 1. The molecule has 1 atom stereocenters. The third kappa shape index (κ3) is 3.45. The lowest BCUT2D eigenvalue weighted by atomic mass is 10.1. The number of benzene rings is 1. The first-order valence-corrected chi connectivity index (χ1v) is 6.41. The van der Waals surface area contributed by atoms with Gasteiger partial charge in [-0.25, -0.2) is 0 Å². The van der Waals surface area contributed by atoms with Crippen LogP contribution in [0.2, 0.25) is 5.02 Å². The van der Waals surface area contributed by atoms with Crippen LogP contribution < -0.4 is 10.5 Å². The monoisotopic (exact) mass is 281 g/mol. The fraction of sp³-hybridized carbons (Fsp3) is 0.385. The molecule has 0 saturated carbocycles. The lowest BCUT2D eigenvalue weighted by molar-refractivity contribution is 0.253. The van der Waals surface area contributed by atoms with Gasteiger partial charge in [-0.1, -0.05) is 37.6 Å². The Kier molecular flexibility index (Phi) is 4.39. The van der Waals surface area contributed by atoms with Gasteiger partial charge in [-0.15, -0.1) is 10.2 Å². The molecular weight excluding hydrogens is 266 g/mol. The summed E-state index contributed by atoms with van der Waals surface area (Å²) < 4.78 is 11.0. The Balaban J connectivity index is 1.99. The highest BCUT2D eigenvalue weighted by Gasteiger charge is 2.17. The summed E-state index contributed by atoms with van der Waals surface area (Å²) in [6.07, 6.45) is 0. The Bertz CT molecular complexity index is 542. The summed E-state index contributed by atoms with van der Waals surface area (Å²) in [4.78, 5) is 0. The van der Waals surface area contributed by atoms with Crippen molar-refractivity contribution < 1.29 is 9.15 Å². The van der Waals surface area contributed by atoms with Crippen LogP contribution >= 0.6 is 11.6 Å². The quantitative estimate of drug-likeness (QED) is 0.912. The average Bonchev–Trinajstić information content (AvgIpc) is 2.85. The molecule has 2 N–H and O–H groups in total. The second kappa shape index (κ2) is 6.04. The first-order chi connectivity index (χ1) is 9.08. The minimum absolute atomic E-state index is 0.168. The molecule has 1 aromatic carbocycles. The van der Waals surface area contributed by atoms with E-state index in [4.69, 9.17) is 26.5 Å². The van der Waals surface area contributed by atoms with Crippen molar-refractivity contribution in [2.45, 2.75) is 26.5 Å². The largest absolute Gasteiger partial charge is 0.482 e. The fourth-order valence-electron chi connectivity index (χ4n) is 1.45. The smallest absolute Gasteiger partial charge is 0.253 e. The van der Waals surface area contributed by atoms with Crippen LogP contribution in [0.25, 0.3) is 0 Å². The Hall–Kier alpha value is -1.59. The lowest BCUT2D eigenvalue weighted by Gasteiger charge is -2.09. The number of rotatable bonds is 5.